The summed E-state index contributed by atoms with van der Waals surface area (Å²) in [4.78, 5) is 14.9. The third-order valence-electron chi connectivity index (χ3n) is 5.16. The van der Waals surface area contributed by atoms with E-state index in [2.05, 4.69) is 11.4 Å². The van der Waals surface area contributed by atoms with E-state index in [1.807, 2.05) is 11.8 Å². The van der Waals surface area contributed by atoms with Crippen LogP contribution >= 0.6 is 0 Å². The van der Waals surface area contributed by atoms with Gasteiger partial charge in [-0.05, 0) is 38.1 Å². The van der Waals surface area contributed by atoms with Crippen molar-refractivity contribution in [2.75, 3.05) is 31.5 Å². The molecule has 1 saturated heterocycles. The minimum Gasteiger partial charge on any atom is -0.324 e. The summed E-state index contributed by atoms with van der Waals surface area (Å²) in [6.07, 6.45) is 0. The van der Waals surface area contributed by atoms with E-state index in [4.69, 9.17) is 5.26 Å². The maximum Gasteiger partial charge on any atom is 0.243 e. The number of para-hydroxylation sites is 1. The topological polar surface area (TPSA) is 93.5 Å². The number of piperazine rings is 1. The lowest BCUT2D eigenvalue weighted by Crippen LogP contribution is -2.53. The number of carbonyl (C=O) groups is 1. The van der Waals surface area contributed by atoms with Crippen molar-refractivity contribution in [2.45, 2.75) is 24.8 Å². The van der Waals surface area contributed by atoms with Crippen molar-refractivity contribution < 1.29 is 13.2 Å². The van der Waals surface area contributed by atoms with Gasteiger partial charge in [-0.15, -0.1) is 0 Å². The molecule has 2 aromatic carbocycles. The van der Waals surface area contributed by atoms with Crippen LogP contribution in [0.5, 0.6) is 0 Å². The molecule has 3 rings (SSSR count). The van der Waals surface area contributed by atoms with Crippen LogP contribution in [0.2, 0.25) is 0 Å². The van der Waals surface area contributed by atoms with E-state index in [9.17, 15) is 13.2 Å². The molecule has 1 aliphatic rings. The third kappa shape index (κ3) is 4.65. The smallest absolute Gasteiger partial charge is 0.243 e. The first-order valence-electron chi connectivity index (χ1n) is 9.44. The number of amides is 1. The molecule has 152 valence electrons. The average molecular weight is 413 g/mol. The summed E-state index contributed by atoms with van der Waals surface area (Å²) in [6, 6.07) is 15.3. The molecule has 0 saturated carbocycles. The fourth-order valence-corrected chi connectivity index (χ4v) is 4.71. The van der Waals surface area contributed by atoms with Crippen molar-refractivity contribution in [2.24, 2.45) is 0 Å². The van der Waals surface area contributed by atoms with Crippen molar-refractivity contribution in [1.82, 2.24) is 9.21 Å². The third-order valence-corrected chi connectivity index (χ3v) is 7.08. The van der Waals surface area contributed by atoms with Gasteiger partial charge in [-0.3, -0.25) is 9.69 Å². The number of benzene rings is 2. The minimum absolute atomic E-state index is 0.220. The molecule has 8 heteroatoms. The van der Waals surface area contributed by atoms with Gasteiger partial charge >= 0.3 is 0 Å². The number of nitriles is 1. The van der Waals surface area contributed by atoms with Crippen molar-refractivity contribution in [3.05, 3.63) is 59.7 Å². The van der Waals surface area contributed by atoms with Crippen molar-refractivity contribution in [3.8, 4) is 6.07 Å². The molecule has 2 aromatic rings. The van der Waals surface area contributed by atoms with Crippen LogP contribution in [0.4, 0.5) is 5.69 Å². The van der Waals surface area contributed by atoms with Gasteiger partial charge in [0.1, 0.15) is 6.07 Å². The second-order valence-electron chi connectivity index (χ2n) is 7.08. The lowest BCUT2D eigenvalue weighted by atomic mass is 10.1. The normalized spacial score (nSPS) is 16.7. The Morgan fingerprint density at radius 3 is 2.31 bits per heavy atom. The lowest BCUT2D eigenvalue weighted by Gasteiger charge is -2.36. The molecule has 1 heterocycles. The molecule has 0 radical (unpaired) electrons. The van der Waals surface area contributed by atoms with Gasteiger partial charge in [0.2, 0.25) is 15.9 Å². The Morgan fingerprint density at radius 1 is 1.07 bits per heavy atom. The highest BCUT2D eigenvalue weighted by atomic mass is 32.2. The molecule has 1 N–H and O–H groups in total. The summed E-state index contributed by atoms with van der Waals surface area (Å²) in [5, 5.41) is 12.0. The number of hydrogen-bond acceptors (Lipinski definition) is 5. The number of anilines is 1. The Labute approximate surface area is 171 Å². The number of aryl methyl sites for hydroxylation is 1. The van der Waals surface area contributed by atoms with Crippen LogP contribution in [0.15, 0.2) is 53.4 Å². The van der Waals surface area contributed by atoms with Gasteiger partial charge in [-0.1, -0.05) is 29.8 Å². The molecule has 1 amide bonds. The Kier molecular flexibility index (Phi) is 6.33. The molecule has 1 aliphatic heterocycles. The summed E-state index contributed by atoms with van der Waals surface area (Å²) in [7, 11) is -3.54. The van der Waals surface area contributed by atoms with Crippen LogP contribution < -0.4 is 5.32 Å². The highest BCUT2D eigenvalue weighted by Crippen LogP contribution is 2.20. The predicted octanol–water partition coefficient (Wildman–Crippen LogP) is 2.20. The zero-order chi connectivity index (χ0) is 21.0. The zero-order valence-electron chi connectivity index (χ0n) is 16.5. The molecular weight excluding hydrogens is 388 g/mol. The van der Waals surface area contributed by atoms with Gasteiger partial charge in [-0.2, -0.15) is 9.57 Å². The number of nitrogens with zero attached hydrogens (tertiary/aromatic N) is 3. The predicted molar refractivity (Wildman–Crippen MR) is 111 cm³/mol. The van der Waals surface area contributed by atoms with E-state index in [0.29, 0.717) is 37.4 Å². The maximum atomic E-state index is 12.8. The standard InChI is InChI=1S/C21H24N4O3S/c1-16-7-9-19(10-8-16)29(27,28)25-13-11-24(12-14-25)17(2)21(26)23-20-6-4-3-5-18(20)15-22/h3-10,17H,11-14H2,1-2H3,(H,23,26)/t17-/m1/s1. The molecule has 7 nitrogen and oxygen atoms in total. The quantitative estimate of drug-likeness (QED) is 0.813. The number of carbonyl (C=O) groups excluding carboxylic acids is 1. The summed E-state index contributed by atoms with van der Waals surface area (Å²) in [6.45, 7) is 5.26. The average Bonchev–Trinajstić information content (AvgIpc) is 2.74. The second-order valence-corrected chi connectivity index (χ2v) is 9.01. The summed E-state index contributed by atoms with van der Waals surface area (Å²) in [5.41, 5.74) is 1.89. The fraction of sp³-hybridized carbons (Fsp3) is 0.333. The fourth-order valence-electron chi connectivity index (χ4n) is 3.28. The SMILES string of the molecule is Cc1ccc(S(=O)(=O)N2CCN([C@H](C)C(=O)Nc3ccccc3C#N)CC2)cc1. The van der Waals surface area contributed by atoms with Gasteiger partial charge in [0, 0.05) is 26.2 Å². The lowest BCUT2D eigenvalue weighted by molar-refractivity contribution is -0.121. The molecule has 0 unspecified atom stereocenters. The zero-order valence-corrected chi connectivity index (χ0v) is 17.3. The van der Waals surface area contributed by atoms with E-state index in [1.165, 1.54) is 4.31 Å². The molecule has 1 atom stereocenters. The van der Waals surface area contributed by atoms with Gasteiger partial charge in [0.25, 0.3) is 0 Å². The summed E-state index contributed by atoms with van der Waals surface area (Å²) >= 11 is 0. The molecule has 1 fully saturated rings. The molecule has 29 heavy (non-hydrogen) atoms. The number of nitrogens with one attached hydrogen (secondary N) is 1. The number of rotatable bonds is 5. The van der Waals surface area contributed by atoms with Gasteiger partial charge < -0.3 is 5.32 Å². The minimum atomic E-state index is -3.54. The van der Waals surface area contributed by atoms with E-state index >= 15 is 0 Å². The largest absolute Gasteiger partial charge is 0.324 e. The molecule has 0 bridgehead atoms. The van der Waals surface area contributed by atoms with Crippen LogP contribution in [0.3, 0.4) is 0 Å². The van der Waals surface area contributed by atoms with Crippen molar-refractivity contribution in [1.29, 1.82) is 5.26 Å². The highest BCUT2D eigenvalue weighted by Gasteiger charge is 2.31. The van der Waals surface area contributed by atoms with Gasteiger partial charge in [0.15, 0.2) is 0 Å². The van der Waals surface area contributed by atoms with E-state index in [1.54, 1.807) is 55.5 Å². The van der Waals surface area contributed by atoms with Gasteiger partial charge in [-0.25, -0.2) is 8.42 Å². The molecular formula is C21H24N4O3S. The number of sulfonamides is 1. The van der Waals surface area contributed by atoms with Gasteiger partial charge in [0.05, 0.1) is 22.2 Å². The molecule has 0 aromatic heterocycles. The monoisotopic (exact) mass is 412 g/mol. The van der Waals surface area contributed by atoms with E-state index in [-0.39, 0.29) is 10.8 Å². The van der Waals surface area contributed by atoms with Crippen LogP contribution in [0.25, 0.3) is 0 Å². The number of hydrogen-bond donors (Lipinski definition) is 1. The summed E-state index contributed by atoms with van der Waals surface area (Å²) in [5.74, 6) is -0.220. The Hall–Kier alpha value is -2.73. The van der Waals surface area contributed by atoms with Crippen LogP contribution in [0.1, 0.15) is 18.1 Å². The second kappa shape index (κ2) is 8.74. The van der Waals surface area contributed by atoms with Crippen molar-refractivity contribution >= 4 is 21.6 Å². The van der Waals surface area contributed by atoms with Crippen molar-refractivity contribution in [3.63, 3.8) is 0 Å². The van der Waals surface area contributed by atoms with Crippen LogP contribution in [0, 0.1) is 18.3 Å². The first-order chi connectivity index (χ1) is 13.8. The highest BCUT2D eigenvalue weighted by molar-refractivity contribution is 7.89. The van der Waals surface area contributed by atoms with Crippen LogP contribution in [-0.2, 0) is 14.8 Å². The van der Waals surface area contributed by atoms with E-state index < -0.39 is 16.1 Å². The Balaban J connectivity index is 1.62. The molecule has 0 spiro atoms. The van der Waals surface area contributed by atoms with Crippen LogP contribution in [-0.4, -0.2) is 55.8 Å². The summed E-state index contributed by atoms with van der Waals surface area (Å²) < 4.78 is 27.1. The van der Waals surface area contributed by atoms with E-state index in [0.717, 1.165) is 5.56 Å². The molecule has 0 aliphatic carbocycles. The Bertz CT molecular complexity index is 1020. The Morgan fingerprint density at radius 2 is 1.69 bits per heavy atom. The first kappa shape index (κ1) is 21.0. The first-order valence-corrected chi connectivity index (χ1v) is 10.9. The maximum absolute atomic E-state index is 12.8.